The number of anilines is 2. The molecule has 25 heteroatoms. The molecule has 149 heavy (non-hydrogen) atoms. The van der Waals surface area contributed by atoms with Gasteiger partial charge in [-0.1, -0.05) is 213 Å². The fourth-order valence-electron chi connectivity index (χ4n) is 21.4. The van der Waals surface area contributed by atoms with Crippen molar-refractivity contribution in [3.05, 3.63) is 371 Å². The maximum atomic E-state index is 15.9. The number of ether oxygens (including phenoxy) is 2. The highest BCUT2D eigenvalue weighted by Gasteiger charge is 2.54. The van der Waals surface area contributed by atoms with Gasteiger partial charge in [-0.25, -0.2) is 27.2 Å². The third kappa shape index (κ3) is 22.4. The minimum absolute atomic E-state index is 0.000318. The normalized spacial score (nSPS) is 17.9. The van der Waals surface area contributed by atoms with Crippen LogP contribution in [0.3, 0.4) is 0 Å². The van der Waals surface area contributed by atoms with E-state index in [4.69, 9.17) is 9.47 Å². The highest BCUT2D eigenvalue weighted by atomic mass is 32.2. The largest absolute Gasteiger partial charge is 0.748 e. The Morgan fingerprint density at radius 2 is 1.12 bits per heavy atom. The first-order valence-corrected chi connectivity index (χ1v) is 58.8. The Morgan fingerprint density at radius 1 is 0.584 bits per heavy atom. The number of carbonyl (C=O) groups is 6. The number of carboxylic acids is 2. The Balaban J connectivity index is 0.000000146. The molecule has 1 unspecified atom stereocenters. The number of aromatic carboxylic acids is 2. The summed E-state index contributed by atoms with van der Waals surface area (Å²) in [4.78, 5) is 76.4. The number of benzene rings is 7. The monoisotopic (exact) mass is 2060 g/mol. The fourth-order valence-corrected chi connectivity index (χ4v) is 28.1. The molecule has 6 heterocycles. The summed E-state index contributed by atoms with van der Waals surface area (Å²) in [6.45, 7) is 32.8. The van der Waals surface area contributed by atoms with Gasteiger partial charge in [0.05, 0.1) is 27.0 Å². The smallest absolute Gasteiger partial charge is 0.737 e. The molecule has 11 aliphatic rings. The second-order valence-corrected chi connectivity index (χ2v) is 54.8. The minimum Gasteiger partial charge on any atom is -0.748 e. The number of allylic oxidation sites excluding steroid dienone is 22. The number of aromatic nitrogens is 1. The van der Waals surface area contributed by atoms with Gasteiger partial charge in [-0.2, -0.15) is 0 Å². The number of nitrogens with zero attached hydrogens (tertiary/aromatic N) is 6. The van der Waals surface area contributed by atoms with Crippen molar-refractivity contribution in [2.75, 3.05) is 78.5 Å². The van der Waals surface area contributed by atoms with Crippen molar-refractivity contribution >= 4 is 136 Å². The molecule has 0 fully saturated rings. The quantitative estimate of drug-likeness (QED) is 0.0294. The molecule has 8 aromatic rings. The summed E-state index contributed by atoms with van der Waals surface area (Å²) in [5.74, 6) is -0.664. The molecule has 1 aromatic heterocycles. The van der Waals surface area contributed by atoms with Crippen molar-refractivity contribution in [3.8, 4) is 22.8 Å². The number of ketones is 4. The molecule has 0 spiro atoms. The van der Waals surface area contributed by atoms with E-state index in [1.54, 1.807) is 85.8 Å². The topological polar surface area (TPSA) is 239 Å². The molecule has 19 nitrogen and oxygen atoms in total. The van der Waals surface area contributed by atoms with Gasteiger partial charge >= 0.3 is 18.9 Å². The lowest BCUT2D eigenvalue weighted by molar-refractivity contribution is -0.462. The number of halogens is 2. The lowest BCUT2D eigenvalue weighted by atomic mass is 9.68. The molecule has 2 N–H and O–H groups in total. The van der Waals surface area contributed by atoms with Gasteiger partial charge in [0.25, 0.3) is 0 Å². The first kappa shape index (κ1) is 109. The van der Waals surface area contributed by atoms with E-state index in [2.05, 4.69) is 197 Å². The predicted octanol–water partition coefficient (Wildman–Crippen LogP) is 23.6. The average molecular weight is 2060 g/mol. The van der Waals surface area contributed by atoms with Crippen molar-refractivity contribution in [1.82, 2.24) is 4.48 Å². The van der Waals surface area contributed by atoms with Crippen LogP contribution < -0.4 is 29.6 Å². The Kier molecular flexibility index (Phi) is 31.2. The van der Waals surface area contributed by atoms with Crippen LogP contribution in [0.5, 0.6) is 11.5 Å². The van der Waals surface area contributed by atoms with Crippen LogP contribution in [0.15, 0.2) is 298 Å². The summed E-state index contributed by atoms with van der Waals surface area (Å²) in [5, 5.41) is 25.9. The van der Waals surface area contributed by atoms with Crippen LogP contribution in [0, 0.1) is 40.4 Å². The molecule has 6 aliphatic carbocycles. The average Bonchev–Trinajstić information content (AvgIpc) is 1.22. The summed E-state index contributed by atoms with van der Waals surface area (Å²) in [6, 6.07) is 48.3. The van der Waals surface area contributed by atoms with E-state index in [1.165, 1.54) is 64.5 Å². The van der Waals surface area contributed by atoms with Gasteiger partial charge < -0.3 is 51.6 Å². The maximum Gasteiger partial charge on any atom is 0.737 e. The molecule has 5 aliphatic heterocycles. The van der Waals surface area contributed by atoms with Gasteiger partial charge in [0.15, 0.2) is 40.2 Å². The van der Waals surface area contributed by atoms with Gasteiger partial charge in [0.1, 0.15) is 74.0 Å². The van der Waals surface area contributed by atoms with Gasteiger partial charge in [-0.15, -0.1) is 0 Å². The summed E-state index contributed by atoms with van der Waals surface area (Å²) < 4.78 is 86.4. The molecular weight excluding hydrogens is 1920 g/mol. The van der Waals surface area contributed by atoms with Gasteiger partial charge in [-0.05, 0) is 257 Å². The SMILES string of the molecule is CC(=O)C(C)C.CC(C)C(=O)COc1ccc(-c2ccc3n2[B-](F)(F)[N+]2=C(C4=CC=CC4)C=CC2=C3)cc1.CC(C)C(=O)c1ccc(C2=C3C=CC(=[N+](C)C)C=C3[Si](C)(C)c3cc(N(C)C)ccc32)c(C(=O)O)c1.CC(C)C(=O)c1ccc(C2=C3C=CC(=[N+](C)C)C=C3[Si](C)(C)c3cc(N(C)C)ccc32)cc1.CCC1=CC(C)(C)Cc2cc3c(cc21)C(c1ccccc1C(=O)O)=C1C=C2C(CS(=O)(=O)[O-])=CC(C)(C)CC2C=C1O3. The Morgan fingerprint density at radius 3 is 1.66 bits per heavy atom. The molecule has 0 bridgehead atoms. The lowest BCUT2D eigenvalue weighted by Gasteiger charge is -2.39. The molecule has 0 amide bonds. The molecule has 19 rings (SSSR count). The number of rotatable bonds is 21. The zero-order valence-corrected chi connectivity index (χ0v) is 93.4. The Hall–Kier alpha value is -14.0. The number of carbonyl (C=O) groups excluding carboxylic acids is 4. The number of Topliss-reactive ketones (excluding diaryl/α,β-unsaturated/α-hetero) is 4. The third-order valence-electron chi connectivity index (χ3n) is 29.7. The van der Waals surface area contributed by atoms with E-state index in [0.29, 0.717) is 79.9 Å². The summed E-state index contributed by atoms with van der Waals surface area (Å²) in [6.07, 6.45) is 35.7. The standard InChI is InChI=1S/C35H36O6S.C30H34N2O3Si.C29H35N2OSi.C25H23BF2N2O2.C5H10O/c1-6-20-15-34(2,3)16-21-11-30-28(13-26(20)21)32(24-9-7-8-10-25(24)33(36)37)29-14-27-22(12-31(29)41-30)17-35(4,5)18-23(27)19-42(38,39)40;1-18(2)29(33)19-9-12-22(25(15-19)30(34)35)28-23-13-10-20(31(3)4)16-26(23)36(7,8)27-17-21(32(5)6)11-14-24(27)28;1-19(2)29(32)21-11-9-20(10-12-21)28-24-15-13-22(30(3)4)17-26(24)33(7,8)27-18-23(31(5)6)14-16-25(27)28;1-17(2)25(31)16-32-22-11-7-19(8-12-22)24-14-10-21-15-20-9-13-23(18-5-3-4-6-18)29(20)26(27,28)30(21)24;1-4(2)5(3)6/h7-15,18,22H,6,16-17,19H2,1-5H3,(H,36,37)(H,38,39,40);9-18H,1-8H3;9-19H,1-8H3;3-5,7-15,17H,6,16H2,1-2H3;4H,1-3H3/q;;+1;;. The van der Waals surface area contributed by atoms with Gasteiger partial charge in [-0.3, -0.25) is 19.2 Å². The van der Waals surface area contributed by atoms with Crippen molar-refractivity contribution in [2.24, 2.45) is 40.4 Å². The summed E-state index contributed by atoms with van der Waals surface area (Å²) >= 11 is 0. The van der Waals surface area contributed by atoms with E-state index in [-0.39, 0.29) is 81.3 Å². The lowest BCUT2D eigenvalue weighted by Crippen LogP contribution is -2.50. The Bertz CT molecular complexity index is 7690. The van der Waals surface area contributed by atoms with E-state index >= 15 is 8.63 Å². The second-order valence-electron chi connectivity index (χ2n) is 44.7. The number of hydrogen-bond donors (Lipinski definition) is 2. The third-order valence-corrected chi connectivity index (χ3v) is 37.4. The fraction of sp³-hybridized carbons (Fsp3) is 0.315. The van der Waals surface area contributed by atoms with Crippen LogP contribution in [-0.4, -0.2) is 185 Å². The van der Waals surface area contributed by atoms with Crippen molar-refractivity contribution in [2.45, 2.75) is 149 Å². The highest BCUT2D eigenvalue weighted by molar-refractivity contribution is 7.85. The van der Waals surface area contributed by atoms with E-state index < -0.39 is 50.9 Å². The van der Waals surface area contributed by atoms with Crippen LogP contribution in [0.25, 0.3) is 39.6 Å². The van der Waals surface area contributed by atoms with Crippen LogP contribution in [0.2, 0.25) is 26.2 Å². The van der Waals surface area contributed by atoms with Crippen molar-refractivity contribution < 1.29 is 83.7 Å². The van der Waals surface area contributed by atoms with E-state index in [1.807, 2.05) is 164 Å². The van der Waals surface area contributed by atoms with Crippen LogP contribution in [0.4, 0.5) is 20.0 Å². The zero-order chi connectivity index (χ0) is 108. The molecule has 7 aromatic carbocycles. The number of hydrogen-bond acceptors (Lipinski definition) is 13. The molecule has 772 valence electrons. The number of fused-ring (bicyclic) bond motifs is 10. The van der Waals surface area contributed by atoms with E-state index in [0.717, 1.165) is 90.8 Å². The number of carboxylic acid groups (broad SMARTS) is 2. The molecule has 0 radical (unpaired) electrons. The van der Waals surface area contributed by atoms with Crippen molar-refractivity contribution in [3.63, 3.8) is 0 Å². The maximum absolute atomic E-state index is 15.9. The first-order valence-electron chi connectivity index (χ1n) is 51.3. The Labute approximate surface area is 878 Å². The molecular formula is C124H138BF2N6O13SSi2+. The van der Waals surface area contributed by atoms with Crippen molar-refractivity contribution in [1.29, 1.82) is 0 Å². The van der Waals surface area contributed by atoms with Gasteiger partial charge in [0, 0.05) is 156 Å². The molecule has 1 atom stereocenters. The first-order chi connectivity index (χ1) is 70.0. The molecule has 0 saturated heterocycles. The van der Waals surface area contributed by atoms with Gasteiger partial charge in [0.2, 0.25) is 0 Å². The predicted molar refractivity (Wildman–Crippen MR) is 606 cm³/mol. The van der Waals surface area contributed by atoms with Crippen LogP contribution in [0.1, 0.15) is 208 Å². The molecule has 0 saturated carbocycles. The summed E-state index contributed by atoms with van der Waals surface area (Å²) in [5.41, 5.74) is 25.9. The highest BCUT2D eigenvalue weighted by Crippen LogP contribution is 2.54. The van der Waals surface area contributed by atoms with E-state index in [9.17, 15) is 52.0 Å². The van der Waals surface area contributed by atoms with Crippen LogP contribution >= 0.6 is 0 Å². The minimum atomic E-state index is -4.53. The summed E-state index contributed by atoms with van der Waals surface area (Å²) in [7, 11) is 7.98. The van der Waals surface area contributed by atoms with Crippen LogP contribution in [-0.2, 0) is 26.1 Å². The second kappa shape index (κ2) is 42.6. The zero-order valence-electron chi connectivity index (χ0n) is 90.6.